The lowest BCUT2D eigenvalue weighted by molar-refractivity contribution is 0.0903. The van der Waals surface area contributed by atoms with Gasteiger partial charge in [0.1, 0.15) is 11.6 Å². The van der Waals surface area contributed by atoms with E-state index in [1.165, 1.54) is 6.07 Å². The topological polar surface area (TPSA) is 33.7 Å². The van der Waals surface area contributed by atoms with Crippen LogP contribution in [0.4, 0.5) is 10.1 Å². The molecule has 1 N–H and O–H groups in total. The molecule has 1 heterocycles. The first-order valence-corrected chi connectivity index (χ1v) is 9.11. The molecule has 1 saturated heterocycles. The molecular formula is C20H23FN2O2S. The molecule has 138 valence electrons. The Labute approximate surface area is 158 Å². The molecule has 1 aliphatic rings. The summed E-state index contributed by atoms with van der Waals surface area (Å²) < 4.78 is 25.1. The largest absolute Gasteiger partial charge is 0.497 e. The van der Waals surface area contributed by atoms with Crippen molar-refractivity contribution in [2.24, 2.45) is 0 Å². The second-order valence-electron chi connectivity index (χ2n) is 6.27. The van der Waals surface area contributed by atoms with Crippen molar-refractivity contribution in [2.45, 2.75) is 25.5 Å². The van der Waals surface area contributed by atoms with Crippen LogP contribution in [0.5, 0.6) is 5.75 Å². The van der Waals surface area contributed by atoms with E-state index in [0.717, 1.165) is 30.9 Å². The maximum atomic E-state index is 14.1. The number of ether oxygens (including phenoxy) is 2. The number of nitrogens with zero attached hydrogens (tertiary/aromatic N) is 1. The van der Waals surface area contributed by atoms with Crippen LogP contribution in [0.1, 0.15) is 18.4 Å². The Morgan fingerprint density at radius 2 is 2.15 bits per heavy atom. The van der Waals surface area contributed by atoms with Crippen LogP contribution >= 0.6 is 12.2 Å². The van der Waals surface area contributed by atoms with Crippen LogP contribution in [0, 0.1) is 5.82 Å². The highest BCUT2D eigenvalue weighted by molar-refractivity contribution is 7.80. The predicted molar refractivity (Wildman–Crippen MR) is 105 cm³/mol. The molecule has 0 radical (unpaired) electrons. The standard InChI is InChI=1S/C20H23FN2O2S/c1-24-17-8-4-7-16(12-17)22-20(26)23(14-18-9-5-11-25-18)13-15-6-2-3-10-19(15)21/h2-4,6-8,10,12,18H,5,9,11,13-14H2,1H3,(H,22,26)/t18-/m0/s1. The van der Waals surface area contributed by atoms with Crippen molar-refractivity contribution in [1.82, 2.24) is 4.90 Å². The van der Waals surface area contributed by atoms with Gasteiger partial charge >= 0.3 is 0 Å². The summed E-state index contributed by atoms with van der Waals surface area (Å²) in [5.41, 5.74) is 1.44. The predicted octanol–water partition coefficient (Wildman–Crippen LogP) is 4.21. The summed E-state index contributed by atoms with van der Waals surface area (Å²) in [5.74, 6) is 0.520. The summed E-state index contributed by atoms with van der Waals surface area (Å²) in [6, 6.07) is 14.3. The van der Waals surface area contributed by atoms with Crippen LogP contribution < -0.4 is 10.1 Å². The van der Waals surface area contributed by atoms with Crippen molar-refractivity contribution in [3.63, 3.8) is 0 Å². The maximum Gasteiger partial charge on any atom is 0.173 e. The highest BCUT2D eigenvalue weighted by atomic mass is 32.1. The van der Waals surface area contributed by atoms with Gasteiger partial charge in [-0.15, -0.1) is 0 Å². The molecule has 2 aromatic carbocycles. The average molecular weight is 374 g/mol. The third-order valence-corrected chi connectivity index (χ3v) is 4.74. The fourth-order valence-electron chi connectivity index (χ4n) is 2.99. The van der Waals surface area contributed by atoms with E-state index in [1.54, 1.807) is 19.2 Å². The summed E-state index contributed by atoms with van der Waals surface area (Å²) in [6.07, 6.45) is 2.16. The Balaban J connectivity index is 1.74. The van der Waals surface area contributed by atoms with Gasteiger partial charge in [0.15, 0.2) is 5.11 Å². The zero-order valence-corrected chi connectivity index (χ0v) is 15.6. The number of benzene rings is 2. The fourth-order valence-corrected chi connectivity index (χ4v) is 3.25. The molecule has 0 bridgehead atoms. The molecule has 1 aliphatic heterocycles. The molecule has 0 saturated carbocycles. The molecule has 4 nitrogen and oxygen atoms in total. The van der Waals surface area contributed by atoms with Gasteiger partial charge in [-0.3, -0.25) is 0 Å². The molecule has 0 aromatic heterocycles. The second kappa shape index (κ2) is 8.96. The number of halogens is 1. The Kier molecular flexibility index (Phi) is 6.41. The minimum atomic E-state index is -0.228. The van der Waals surface area contributed by atoms with Crippen molar-refractivity contribution in [1.29, 1.82) is 0 Å². The van der Waals surface area contributed by atoms with Gasteiger partial charge in [-0.2, -0.15) is 0 Å². The lowest BCUT2D eigenvalue weighted by Crippen LogP contribution is -2.39. The number of methoxy groups -OCH3 is 1. The van der Waals surface area contributed by atoms with Crippen LogP contribution in [-0.4, -0.2) is 36.4 Å². The fraction of sp³-hybridized carbons (Fsp3) is 0.350. The van der Waals surface area contributed by atoms with Gasteiger partial charge in [0.05, 0.1) is 13.2 Å². The van der Waals surface area contributed by atoms with Crippen LogP contribution in [-0.2, 0) is 11.3 Å². The summed E-state index contributed by atoms with van der Waals surface area (Å²) in [5, 5.41) is 3.77. The molecule has 2 aromatic rings. The van der Waals surface area contributed by atoms with Crippen molar-refractivity contribution >= 4 is 23.0 Å². The van der Waals surface area contributed by atoms with Crippen molar-refractivity contribution < 1.29 is 13.9 Å². The third-order valence-electron chi connectivity index (χ3n) is 4.38. The molecule has 1 atom stereocenters. The zero-order chi connectivity index (χ0) is 18.4. The van der Waals surface area contributed by atoms with Crippen LogP contribution in [0.3, 0.4) is 0 Å². The highest BCUT2D eigenvalue weighted by Gasteiger charge is 2.22. The van der Waals surface area contributed by atoms with E-state index in [2.05, 4.69) is 5.32 Å². The van der Waals surface area contributed by atoms with Gasteiger partial charge in [0.2, 0.25) is 0 Å². The number of anilines is 1. The van der Waals surface area contributed by atoms with E-state index in [1.807, 2.05) is 35.2 Å². The van der Waals surface area contributed by atoms with Crippen LogP contribution in [0.25, 0.3) is 0 Å². The van der Waals surface area contributed by atoms with Crippen molar-refractivity contribution in [3.8, 4) is 5.75 Å². The smallest absolute Gasteiger partial charge is 0.173 e. The Bertz CT molecular complexity index is 750. The molecule has 6 heteroatoms. The van der Waals surface area contributed by atoms with E-state index in [0.29, 0.717) is 23.8 Å². The van der Waals surface area contributed by atoms with Gasteiger partial charge in [-0.1, -0.05) is 24.3 Å². The molecule has 0 amide bonds. The number of rotatable bonds is 6. The summed E-state index contributed by atoms with van der Waals surface area (Å²) >= 11 is 5.61. The van der Waals surface area contributed by atoms with Crippen molar-refractivity contribution in [2.75, 3.05) is 25.6 Å². The van der Waals surface area contributed by atoms with E-state index >= 15 is 0 Å². The first kappa shape index (κ1) is 18.6. The minimum absolute atomic E-state index is 0.117. The SMILES string of the molecule is COc1cccc(NC(=S)N(Cc2ccccc2F)C[C@@H]2CCCO2)c1. The molecule has 3 rings (SSSR count). The van der Waals surface area contributed by atoms with Crippen LogP contribution in [0.2, 0.25) is 0 Å². The summed E-state index contributed by atoms with van der Waals surface area (Å²) in [7, 11) is 1.62. The molecule has 0 aliphatic carbocycles. The molecule has 0 unspecified atom stereocenters. The quantitative estimate of drug-likeness (QED) is 0.766. The van der Waals surface area contributed by atoms with Gasteiger partial charge in [-0.05, 0) is 43.3 Å². The Morgan fingerprint density at radius 3 is 2.88 bits per heavy atom. The number of nitrogens with one attached hydrogen (secondary N) is 1. The first-order valence-electron chi connectivity index (χ1n) is 8.70. The minimum Gasteiger partial charge on any atom is -0.497 e. The number of thiocarbonyl (C=S) groups is 1. The number of hydrogen-bond donors (Lipinski definition) is 1. The normalized spacial score (nSPS) is 16.3. The van der Waals surface area contributed by atoms with E-state index in [4.69, 9.17) is 21.7 Å². The average Bonchev–Trinajstić information content (AvgIpc) is 3.16. The number of hydrogen-bond acceptors (Lipinski definition) is 3. The molecule has 0 spiro atoms. The van der Waals surface area contributed by atoms with Gasteiger partial charge in [-0.25, -0.2) is 4.39 Å². The molecule has 1 fully saturated rings. The van der Waals surface area contributed by atoms with Gasteiger partial charge < -0.3 is 19.7 Å². The molecular weight excluding hydrogens is 351 g/mol. The van der Waals surface area contributed by atoms with E-state index in [9.17, 15) is 4.39 Å². The van der Waals surface area contributed by atoms with E-state index < -0.39 is 0 Å². The van der Waals surface area contributed by atoms with Gasteiger partial charge in [0, 0.05) is 37.0 Å². The first-order chi connectivity index (χ1) is 12.7. The van der Waals surface area contributed by atoms with Crippen LogP contribution in [0.15, 0.2) is 48.5 Å². The van der Waals surface area contributed by atoms with Gasteiger partial charge in [0.25, 0.3) is 0 Å². The highest BCUT2D eigenvalue weighted by Crippen LogP contribution is 2.20. The van der Waals surface area contributed by atoms with Crippen molar-refractivity contribution in [3.05, 3.63) is 59.9 Å². The zero-order valence-electron chi connectivity index (χ0n) is 14.8. The summed E-state index contributed by atoms with van der Waals surface area (Å²) in [6.45, 7) is 1.79. The Morgan fingerprint density at radius 1 is 1.31 bits per heavy atom. The lowest BCUT2D eigenvalue weighted by Gasteiger charge is -2.28. The lowest BCUT2D eigenvalue weighted by atomic mass is 10.2. The van der Waals surface area contributed by atoms with E-state index in [-0.39, 0.29) is 11.9 Å². The second-order valence-corrected chi connectivity index (χ2v) is 6.66. The molecule has 26 heavy (non-hydrogen) atoms. The monoisotopic (exact) mass is 374 g/mol. The Hall–Kier alpha value is -2.18. The maximum absolute atomic E-state index is 14.1. The summed E-state index contributed by atoms with van der Waals surface area (Å²) in [4.78, 5) is 1.96. The third kappa shape index (κ3) is 4.93.